The van der Waals surface area contributed by atoms with Gasteiger partial charge in [-0.2, -0.15) is 0 Å². The lowest BCUT2D eigenvalue weighted by atomic mass is 10.1. The molecular weight excluding hydrogens is 242 g/mol. The Hall–Kier alpha value is -1.97. The normalized spacial score (nSPS) is 23.6. The van der Waals surface area contributed by atoms with E-state index in [1.54, 1.807) is 6.08 Å². The molecule has 2 aliphatic rings. The molecule has 1 amide bonds. The van der Waals surface area contributed by atoms with Gasteiger partial charge >= 0.3 is 0 Å². The highest BCUT2D eigenvalue weighted by atomic mass is 16.6. The van der Waals surface area contributed by atoms with E-state index in [9.17, 15) is 4.79 Å². The molecule has 1 fully saturated rings. The second-order valence-corrected chi connectivity index (χ2v) is 4.89. The summed E-state index contributed by atoms with van der Waals surface area (Å²) in [6.45, 7) is 5.31. The summed E-state index contributed by atoms with van der Waals surface area (Å²) >= 11 is 0. The second kappa shape index (κ2) is 4.96. The van der Waals surface area contributed by atoms with Gasteiger partial charge in [0.2, 0.25) is 5.91 Å². The highest BCUT2D eigenvalue weighted by Crippen LogP contribution is 2.49. The van der Waals surface area contributed by atoms with Crippen LogP contribution in [0.15, 0.2) is 30.9 Å². The minimum absolute atomic E-state index is 0.0857. The molecule has 0 unspecified atom stereocenters. The maximum absolute atomic E-state index is 11.8. The van der Waals surface area contributed by atoms with Crippen LogP contribution in [0.2, 0.25) is 0 Å². The number of rotatable bonds is 4. The minimum atomic E-state index is 0.0857. The number of ether oxygens (including phenoxy) is 2. The molecule has 0 aromatic heterocycles. The molecule has 19 heavy (non-hydrogen) atoms. The maximum atomic E-state index is 11.8. The van der Waals surface area contributed by atoms with Crippen LogP contribution in [0.1, 0.15) is 17.9 Å². The smallest absolute Gasteiger partial charge is 0.223 e. The Labute approximate surface area is 112 Å². The maximum Gasteiger partial charge on any atom is 0.223 e. The van der Waals surface area contributed by atoms with E-state index in [4.69, 9.17) is 9.47 Å². The van der Waals surface area contributed by atoms with Crippen LogP contribution < -0.4 is 14.8 Å². The van der Waals surface area contributed by atoms with Gasteiger partial charge in [-0.25, -0.2) is 0 Å². The van der Waals surface area contributed by atoms with Crippen LogP contribution in [0.5, 0.6) is 11.5 Å². The Morgan fingerprint density at radius 1 is 1.37 bits per heavy atom. The first-order chi connectivity index (χ1) is 9.29. The SMILES string of the molecule is C=CCNC(=O)[C@@H]1C[C@H]1c1ccc2c(c1)OCCO2. The van der Waals surface area contributed by atoms with E-state index < -0.39 is 0 Å². The number of nitrogens with one attached hydrogen (secondary N) is 1. The fourth-order valence-electron chi connectivity index (χ4n) is 2.45. The Kier molecular flexibility index (Phi) is 3.15. The zero-order chi connectivity index (χ0) is 13.2. The second-order valence-electron chi connectivity index (χ2n) is 4.89. The highest BCUT2D eigenvalue weighted by molar-refractivity contribution is 5.83. The van der Waals surface area contributed by atoms with Crippen molar-refractivity contribution in [1.82, 2.24) is 5.32 Å². The summed E-state index contributed by atoms with van der Waals surface area (Å²) < 4.78 is 11.1. The Bertz CT molecular complexity index is 512. The summed E-state index contributed by atoms with van der Waals surface area (Å²) in [5.74, 6) is 2.09. The van der Waals surface area contributed by atoms with Gasteiger partial charge in [-0.3, -0.25) is 4.79 Å². The lowest BCUT2D eigenvalue weighted by Crippen LogP contribution is -2.25. The molecule has 4 nitrogen and oxygen atoms in total. The molecule has 0 radical (unpaired) electrons. The van der Waals surface area contributed by atoms with E-state index in [2.05, 4.69) is 11.9 Å². The quantitative estimate of drug-likeness (QED) is 0.840. The Morgan fingerprint density at radius 3 is 2.95 bits per heavy atom. The molecule has 0 bridgehead atoms. The number of fused-ring (bicyclic) bond motifs is 1. The van der Waals surface area contributed by atoms with Crippen molar-refractivity contribution in [2.45, 2.75) is 12.3 Å². The summed E-state index contributed by atoms with van der Waals surface area (Å²) in [5.41, 5.74) is 1.16. The van der Waals surface area contributed by atoms with E-state index >= 15 is 0 Å². The van der Waals surface area contributed by atoms with Crippen LogP contribution in [0.3, 0.4) is 0 Å². The summed E-state index contributed by atoms with van der Waals surface area (Å²) in [6, 6.07) is 5.96. The van der Waals surface area contributed by atoms with Crippen molar-refractivity contribution in [1.29, 1.82) is 0 Å². The van der Waals surface area contributed by atoms with Crippen molar-refractivity contribution in [2.75, 3.05) is 19.8 Å². The molecule has 1 aromatic rings. The van der Waals surface area contributed by atoms with Crippen LogP contribution in [-0.4, -0.2) is 25.7 Å². The van der Waals surface area contributed by atoms with Crippen molar-refractivity contribution < 1.29 is 14.3 Å². The van der Waals surface area contributed by atoms with Crippen LogP contribution in [0.4, 0.5) is 0 Å². The van der Waals surface area contributed by atoms with Crippen molar-refractivity contribution in [2.24, 2.45) is 5.92 Å². The van der Waals surface area contributed by atoms with Gasteiger partial charge in [-0.1, -0.05) is 12.1 Å². The molecule has 1 N–H and O–H groups in total. The number of carbonyl (C=O) groups is 1. The van der Waals surface area contributed by atoms with Gasteiger partial charge in [0.1, 0.15) is 13.2 Å². The summed E-state index contributed by atoms with van der Waals surface area (Å²) in [6.07, 6.45) is 2.60. The third kappa shape index (κ3) is 2.43. The third-order valence-corrected chi connectivity index (χ3v) is 3.54. The van der Waals surface area contributed by atoms with Crippen molar-refractivity contribution in [3.63, 3.8) is 0 Å². The summed E-state index contributed by atoms with van der Waals surface area (Å²) in [4.78, 5) is 11.8. The van der Waals surface area contributed by atoms with Crippen LogP contribution >= 0.6 is 0 Å². The van der Waals surface area contributed by atoms with E-state index in [1.165, 1.54) is 0 Å². The summed E-state index contributed by atoms with van der Waals surface area (Å²) in [5, 5.41) is 2.84. The predicted octanol–water partition coefficient (Wildman–Crippen LogP) is 1.86. The standard InChI is InChI=1S/C15H17NO3/c1-2-5-16-15(17)12-9-11(12)10-3-4-13-14(8-10)19-7-6-18-13/h2-4,8,11-12H,1,5-7,9H2,(H,16,17)/t11-,12+/m0/s1. The van der Waals surface area contributed by atoms with Crippen LogP contribution in [0, 0.1) is 5.92 Å². The third-order valence-electron chi connectivity index (χ3n) is 3.54. The van der Waals surface area contributed by atoms with Gasteiger partial charge in [-0.05, 0) is 30.0 Å². The number of carbonyl (C=O) groups excluding carboxylic acids is 1. The molecular formula is C15H17NO3. The number of hydrogen-bond donors (Lipinski definition) is 1. The first kappa shape index (κ1) is 12.1. The molecule has 4 heteroatoms. The van der Waals surface area contributed by atoms with Gasteiger partial charge in [-0.15, -0.1) is 6.58 Å². The average Bonchev–Trinajstić information content (AvgIpc) is 3.24. The first-order valence-electron chi connectivity index (χ1n) is 6.57. The fourth-order valence-corrected chi connectivity index (χ4v) is 2.45. The molecule has 2 atom stereocenters. The Balaban J connectivity index is 1.68. The van der Waals surface area contributed by atoms with Crippen molar-refractivity contribution >= 4 is 5.91 Å². The molecule has 1 aliphatic heterocycles. The zero-order valence-corrected chi connectivity index (χ0v) is 10.7. The molecule has 0 spiro atoms. The first-order valence-corrected chi connectivity index (χ1v) is 6.57. The summed E-state index contributed by atoms with van der Waals surface area (Å²) in [7, 11) is 0. The monoisotopic (exact) mass is 259 g/mol. The van der Waals surface area contributed by atoms with Gasteiger partial charge in [0.15, 0.2) is 11.5 Å². The minimum Gasteiger partial charge on any atom is -0.486 e. The topological polar surface area (TPSA) is 47.6 Å². The van der Waals surface area contributed by atoms with Gasteiger partial charge < -0.3 is 14.8 Å². The van der Waals surface area contributed by atoms with Crippen molar-refractivity contribution in [3.05, 3.63) is 36.4 Å². The molecule has 1 heterocycles. The molecule has 1 aromatic carbocycles. The Morgan fingerprint density at radius 2 is 2.16 bits per heavy atom. The van der Waals surface area contributed by atoms with E-state index in [-0.39, 0.29) is 11.8 Å². The van der Waals surface area contributed by atoms with Crippen molar-refractivity contribution in [3.8, 4) is 11.5 Å². The van der Waals surface area contributed by atoms with Gasteiger partial charge in [0, 0.05) is 12.5 Å². The molecule has 100 valence electrons. The highest BCUT2D eigenvalue weighted by Gasteiger charge is 2.44. The van der Waals surface area contributed by atoms with E-state index in [0.717, 1.165) is 23.5 Å². The fraction of sp³-hybridized carbons (Fsp3) is 0.400. The molecule has 1 aliphatic carbocycles. The zero-order valence-electron chi connectivity index (χ0n) is 10.7. The van der Waals surface area contributed by atoms with E-state index in [0.29, 0.717) is 25.7 Å². The van der Waals surface area contributed by atoms with E-state index in [1.807, 2.05) is 18.2 Å². The molecule has 0 saturated heterocycles. The predicted molar refractivity (Wildman–Crippen MR) is 71.5 cm³/mol. The van der Waals surface area contributed by atoms with Gasteiger partial charge in [0.25, 0.3) is 0 Å². The average molecular weight is 259 g/mol. The van der Waals surface area contributed by atoms with Crippen LogP contribution in [0.25, 0.3) is 0 Å². The lowest BCUT2D eigenvalue weighted by molar-refractivity contribution is -0.122. The largest absolute Gasteiger partial charge is 0.486 e. The molecule has 1 saturated carbocycles. The number of amides is 1. The van der Waals surface area contributed by atoms with Crippen LogP contribution in [-0.2, 0) is 4.79 Å². The molecule has 3 rings (SSSR count). The number of benzene rings is 1. The van der Waals surface area contributed by atoms with Gasteiger partial charge in [0.05, 0.1) is 0 Å². The number of hydrogen-bond acceptors (Lipinski definition) is 3. The lowest BCUT2D eigenvalue weighted by Gasteiger charge is -2.18.